The number of carbonyl (C=O) groups is 1. The predicted molar refractivity (Wildman–Crippen MR) is 98.9 cm³/mol. The molecule has 0 saturated heterocycles. The largest absolute Gasteiger partial charge is 0.364 e. The fourth-order valence-electron chi connectivity index (χ4n) is 4.91. The molecule has 5 nitrogen and oxygen atoms in total. The molecule has 0 bridgehead atoms. The van der Waals surface area contributed by atoms with Crippen molar-refractivity contribution in [2.45, 2.75) is 44.6 Å². The summed E-state index contributed by atoms with van der Waals surface area (Å²) < 4.78 is 4.92. The van der Waals surface area contributed by atoms with Gasteiger partial charge in [-0.1, -0.05) is 42.6 Å². The van der Waals surface area contributed by atoms with Gasteiger partial charge in [0.1, 0.15) is 6.26 Å². The number of H-pyrrole nitrogens is 1. The highest BCUT2D eigenvalue weighted by molar-refractivity contribution is 5.93. The van der Waals surface area contributed by atoms with Crippen molar-refractivity contribution in [3.63, 3.8) is 0 Å². The maximum atomic E-state index is 13.1. The first kappa shape index (κ1) is 15.7. The molecule has 1 aliphatic carbocycles. The van der Waals surface area contributed by atoms with Crippen LogP contribution in [-0.2, 0) is 6.42 Å². The van der Waals surface area contributed by atoms with E-state index in [9.17, 15) is 4.79 Å². The summed E-state index contributed by atoms with van der Waals surface area (Å²) in [5.74, 6) is 0.491. The van der Waals surface area contributed by atoms with E-state index >= 15 is 0 Å². The molecule has 2 aliphatic rings. The maximum Gasteiger partial charge on any atom is 0.276 e. The quantitative estimate of drug-likeness (QED) is 0.742. The first-order valence-electron chi connectivity index (χ1n) is 9.64. The van der Waals surface area contributed by atoms with Crippen molar-refractivity contribution in [3.05, 3.63) is 53.5 Å². The van der Waals surface area contributed by atoms with Gasteiger partial charge in [0.25, 0.3) is 5.91 Å². The van der Waals surface area contributed by atoms with Crippen molar-refractivity contribution in [1.82, 2.24) is 15.0 Å². The van der Waals surface area contributed by atoms with Crippen LogP contribution in [0.3, 0.4) is 0 Å². The summed E-state index contributed by atoms with van der Waals surface area (Å²) in [7, 11) is 0. The van der Waals surface area contributed by atoms with Crippen LogP contribution in [0.4, 0.5) is 0 Å². The van der Waals surface area contributed by atoms with Crippen molar-refractivity contribution in [2.75, 3.05) is 6.54 Å². The number of nitrogens with one attached hydrogen (secondary N) is 1. The number of rotatable bonds is 2. The third kappa shape index (κ3) is 2.45. The Balaban J connectivity index is 1.61. The number of nitrogens with zero attached hydrogens (tertiary/aromatic N) is 2. The van der Waals surface area contributed by atoms with Crippen LogP contribution >= 0.6 is 0 Å². The van der Waals surface area contributed by atoms with Crippen molar-refractivity contribution in [1.29, 1.82) is 0 Å². The van der Waals surface area contributed by atoms with Gasteiger partial charge in [0.2, 0.25) is 0 Å². The highest BCUT2D eigenvalue weighted by atomic mass is 16.5. The summed E-state index contributed by atoms with van der Waals surface area (Å²) in [5, 5.41) is 5.20. The van der Waals surface area contributed by atoms with Gasteiger partial charge >= 0.3 is 0 Å². The van der Waals surface area contributed by atoms with E-state index in [1.54, 1.807) is 6.07 Å². The minimum Gasteiger partial charge on any atom is -0.364 e. The molecule has 2 aromatic heterocycles. The zero-order valence-corrected chi connectivity index (χ0v) is 14.8. The molecule has 1 aromatic carbocycles. The average Bonchev–Trinajstić information content (AvgIpc) is 3.35. The van der Waals surface area contributed by atoms with Crippen LogP contribution in [0.1, 0.15) is 59.9 Å². The minimum absolute atomic E-state index is 0.0152. The molecule has 0 spiro atoms. The summed E-state index contributed by atoms with van der Waals surface area (Å²) in [6.45, 7) is 0.738. The molecule has 5 heteroatoms. The van der Waals surface area contributed by atoms with Crippen molar-refractivity contribution in [2.24, 2.45) is 5.92 Å². The Kier molecular flexibility index (Phi) is 3.80. The van der Waals surface area contributed by atoms with Gasteiger partial charge in [-0.05, 0) is 36.8 Å². The Morgan fingerprint density at radius 3 is 2.81 bits per heavy atom. The van der Waals surface area contributed by atoms with Crippen LogP contribution in [0, 0.1) is 5.92 Å². The third-order valence-electron chi connectivity index (χ3n) is 6.10. The molecule has 1 amide bonds. The van der Waals surface area contributed by atoms with Gasteiger partial charge in [0.15, 0.2) is 5.69 Å². The standard InChI is InChI=1S/C21H23N3O2/c25-21(18-11-13-26-23-18)24-12-10-16-15-8-4-5-9-17(15)22-19(16)20(24)14-6-2-1-3-7-14/h4-5,8-9,11,13-14,20,22H,1-3,6-7,10,12H2/t20-/m0/s1. The van der Waals surface area contributed by atoms with E-state index in [0.29, 0.717) is 11.6 Å². The van der Waals surface area contributed by atoms with E-state index in [1.807, 2.05) is 4.90 Å². The molecule has 0 unspecified atom stereocenters. The normalized spacial score (nSPS) is 21.1. The zero-order valence-electron chi connectivity index (χ0n) is 14.8. The first-order valence-corrected chi connectivity index (χ1v) is 9.64. The molecule has 3 aromatic rings. The number of para-hydroxylation sites is 1. The minimum atomic E-state index is -0.0152. The Bertz CT molecular complexity index is 922. The number of benzene rings is 1. The van der Waals surface area contributed by atoms with Crippen LogP contribution in [-0.4, -0.2) is 27.5 Å². The highest BCUT2D eigenvalue weighted by Crippen LogP contribution is 2.44. The molecule has 1 fully saturated rings. The van der Waals surface area contributed by atoms with Crippen LogP contribution < -0.4 is 0 Å². The van der Waals surface area contributed by atoms with Gasteiger partial charge in [-0.25, -0.2) is 0 Å². The Hall–Kier alpha value is -2.56. The smallest absolute Gasteiger partial charge is 0.276 e. The number of aromatic nitrogens is 2. The molecular weight excluding hydrogens is 326 g/mol. The van der Waals surface area contributed by atoms with E-state index < -0.39 is 0 Å². The zero-order chi connectivity index (χ0) is 17.5. The summed E-state index contributed by atoms with van der Waals surface area (Å²) in [5.41, 5.74) is 4.21. The third-order valence-corrected chi connectivity index (χ3v) is 6.10. The van der Waals surface area contributed by atoms with Crippen molar-refractivity contribution in [3.8, 4) is 0 Å². The maximum absolute atomic E-state index is 13.1. The number of aromatic amines is 1. The van der Waals surface area contributed by atoms with Gasteiger partial charge in [0, 0.05) is 29.2 Å². The van der Waals surface area contributed by atoms with E-state index in [-0.39, 0.29) is 11.9 Å². The summed E-state index contributed by atoms with van der Waals surface area (Å²) >= 11 is 0. The second-order valence-electron chi connectivity index (χ2n) is 7.54. The lowest BCUT2D eigenvalue weighted by atomic mass is 9.79. The number of amides is 1. The molecule has 134 valence electrons. The van der Waals surface area contributed by atoms with Crippen LogP contribution in [0.5, 0.6) is 0 Å². The van der Waals surface area contributed by atoms with E-state index in [1.165, 1.54) is 60.5 Å². The summed E-state index contributed by atoms with van der Waals surface area (Å²) in [6.07, 6.45) is 8.53. The Morgan fingerprint density at radius 1 is 1.15 bits per heavy atom. The molecule has 5 rings (SSSR count). The van der Waals surface area contributed by atoms with Crippen molar-refractivity contribution < 1.29 is 9.32 Å². The van der Waals surface area contributed by atoms with Crippen molar-refractivity contribution >= 4 is 16.8 Å². The fourth-order valence-corrected chi connectivity index (χ4v) is 4.91. The molecule has 1 saturated carbocycles. The number of carbonyl (C=O) groups excluding carboxylic acids is 1. The van der Waals surface area contributed by atoms with Gasteiger partial charge in [-0.2, -0.15) is 0 Å². The lowest BCUT2D eigenvalue weighted by Crippen LogP contribution is -2.43. The van der Waals surface area contributed by atoms with Gasteiger partial charge < -0.3 is 14.4 Å². The number of fused-ring (bicyclic) bond motifs is 3. The average molecular weight is 349 g/mol. The topological polar surface area (TPSA) is 62.1 Å². The van der Waals surface area contributed by atoms with E-state index in [4.69, 9.17) is 4.52 Å². The SMILES string of the molecule is O=C(c1ccon1)N1CCc2c([nH]c3ccccc23)[C@@H]1C1CCCCC1. The Labute approximate surface area is 152 Å². The van der Waals surface area contributed by atoms with Crippen LogP contribution in [0.2, 0.25) is 0 Å². The second kappa shape index (κ2) is 6.31. The van der Waals surface area contributed by atoms with Gasteiger partial charge in [-0.15, -0.1) is 0 Å². The number of hydrogen-bond acceptors (Lipinski definition) is 3. The monoisotopic (exact) mass is 349 g/mol. The molecule has 0 radical (unpaired) electrons. The first-order chi connectivity index (χ1) is 12.8. The van der Waals surface area contributed by atoms with Gasteiger partial charge in [0.05, 0.1) is 6.04 Å². The van der Waals surface area contributed by atoms with E-state index in [0.717, 1.165) is 13.0 Å². The van der Waals surface area contributed by atoms with E-state index in [2.05, 4.69) is 34.4 Å². The summed E-state index contributed by atoms with van der Waals surface area (Å²) in [4.78, 5) is 18.8. The molecule has 26 heavy (non-hydrogen) atoms. The highest BCUT2D eigenvalue weighted by Gasteiger charge is 2.39. The number of hydrogen-bond donors (Lipinski definition) is 1. The predicted octanol–water partition coefficient (Wildman–Crippen LogP) is 4.48. The lowest BCUT2D eigenvalue weighted by molar-refractivity contribution is 0.0523. The second-order valence-corrected chi connectivity index (χ2v) is 7.54. The lowest BCUT2D eigenvalue weighted by Gasteiger charge is -2.41. The Morgan fingerprint density at radius 2 is 2.00 bits per heavy atom. The molecule has 1 N–H and O–H groups in total. The molecule has 1 atom stereocenters. The molecule has 3 heterocycles. The van der Waals surface area contributed by atoms with Gasteiger partial charge in [-0.3, -0.25) is 4.79 Å². The fraction of sp³-hybridized carbons (Fsp3) is 0.429. The van der Waals surface area contributed by atoms with Crippen LogP contribution in [0.15, 0.2) is 41.1 Å². The molecular formula is C21H23N3O2. The summed E-state index contributed by atoms with van der Waals surface area (Å²) in [6, 6.07) is 10.3. The van der Waals surface area contributed by atoms with Crippen LogP contribution in [0.25, 0.3) is 10.9 Å². The molecule has 1 aliphatic heterocycles.